The van der Waals surface area contributed by atoms with Crippen LogP contribution < -0.4 is 4.74 Å². The molecule has 1 aliphatic heterocycles. The van der Waals surface area contributed by atoms with Gasteiger partial charge in [-0.2, -0.15) is 5.10 Å². The molecular weight excluding hydrogens is 340 g/mol. The average Bonchev–Trinajstić information content (AvgIpc) is 3.04. The first-order valence-electron chi connectivity index (χ1n) is 8.37. The van der Waals surface area contributed by atoms with Crippen LogP contribution in [-0.4, -0.2) is 39.1 Å². The quantitative estimate of drug-likeness (QED) is 0.773. The summed E-state index contributed by atoms with van der Waals surface area (Å²) in [6.45, 7) is 0.474. The van der Waals surface area contributed by atoms with Crippen molar-refractivity contribution in [2.24, 2.45) is 5.92 Å². The van der Waals surface area contributed by atoms with E-state index in [0.29, 0.717) is 23.7 Å². The van der Waals surface area contributed by atoms with E-state index in [9.17, 15) is 13.6 Å². The first kappa shape index (κ1) is 16.6. The zero-order chi connectivity index (χ0) is 18.3. The number of carbonyl (C=O) groups is 1. The van der Waals surface area contributed by atoms with E-state index >= 15 is 0 Å². The van der Waals surface area contributed by atoms with Crippen molar-refractivity contribution in [3.63, 3.8) is 0 Å². The summed E-state index contributed by atoms with van der Waals surface area (Å²) < 4.78 is 33.7. The second-order valence-electron chi connectivity index (χ2n) is 6.61. The molecule has 0 bridgehead atoms. The van der Waals surface area contributed by atoms with Crippen LogP contribution >= 0.6 is 0 Å². The molecule has 0 N–H and O–H groups in total. The molecule has 5 nitrogen and oxygen atoms in total. The molecule has 7 heteroatoms. The summed E-state index contributed by atoms with van der Waals surface area (Å²) >= 11 is 0. The van der Waals surface area contributed by atoms with Gasteiger partial charge >= 0.3 is 0 Å². The Morgan fingerprint density at radius 2 is 2.08 bits per heavy atom. The van der Waals surface area contributed by atoms with Gasteiger partial charge in [0.25, 0.3) is 11.8 Å². The summed E-state index contributed by atoms with van der Waals surface area (Å²) in [5, 5.41) is 4.37. The SMILES string of the molecule is C#C[C@@H]1Cn2nc(COc3ccccc3)cc2C(=O)N1CC1CC1(F)F. The van der Waals surface area contributed by atoms with Gasteiger partial charge in [-0.1, -0.05) is 24.1 Å². The van der Waals surface area contributed by atoms with Gasteiger partial charge < -0.3 is 9.64 Å². The monoisotopic (exact) mass is 357 g/mol. The van der Waals surface area contributed by atoms with Crippen molar-refractivity contribution < 1.29 is 18.3 Å². The van der Waals surface area contributed by atoms with Gasteiger partial charge in [0, 0.05) is 18.9 Å². The molecule has 0 saturated heterocycles. The lowest BCUT2D eigenvalue weighted by atomic mass is 10.1. The van der Waals surface area contributed by atoms with Crippen LogP contribution in [0, 0.1) is 18.3 Å². The third-order valence-corrected chi connectivity index (χ3v) is 4.73. The molecule has 0 spiro atoms. The molecule has 1 fully saturated rings. The molecule has 4 rings (SSSR count). The zero-order valence-corrected chi connectivity index (χ0v) is 13.9. The van der Waals surface area contributed by atoms with E-state index in [2.05, 4.69) is 11.0 Å². The summed E-state index contributed by atoms with van der Waals surface area (Å²) in [6, 6.07) is 10.3. The minimum Gasteiger partial charge on any atom is -0.487 e. The van der Waals surface area contributed by atoms with Crippen LogP contribution in [0.25, 0.3) is 0 Å². The van der Waals surface area contributed by atoms with Crippen molar-refractivity contribution >= 4 is 5.91 Å². The highest BCUT2D eigenvalue weighted by Crippen LogP contribution is 2.49. The maximum absolute atomic E-state index is 13.2. The summed E-state index contributed by atoms with van der Waals surface area (Å²) in [5.74, 6) is -0.638. The number of rotatable bonds is 5. The summed E-state index contributed by atoms with van der Waals surface area (Å²) in [6.07, 6.45) is 5.33. The number of carbonyl (C=O) groups excluding carboxylic acids is 1. The smallest absolute Gasteiger partial charge is 0.273 e. The van der Waals surface area contributed by atoms with E-state index in [4.69, 9.17) is 11.2 Å². The molecule has 2 aromatic rings. The number of halogens is 2. The molecule has 1 aliphatic carbocycles. The first-order valence-corrected chi connectivity index (χ1v) is 8.37. The number of nitrogens with zero attached hydrogens (tertiary/aromatic N) is 3. The molecule has 1 unspecified atom stereocenters. The molecule has 26 heavy (non-hydrogen) atoms. The predicted molar refractivity (Wildman–Crippen MR) is 89.7 cm³/mol. The molecule has 2 atom stereocenters. The lowest BCUT2D eigenvalue weighted by Gasteiger charge is -2.32. The molecule has 134 valence electrons. The van der Waals surface area contributed by atoms with Gasteiger partial charge in [-0.15, -0.1) is 6.42 Å². The fourth-order valence-electron chi connectivity index (χ4n) is 3.13. The second kappa shape index (κ2) is 6.13. The lowest BCUT2D eigenvalue weighted by molar-refractivity contribution is 0.0542. The Balaban J connectivity index is 1.50. The highest BCUT2D eigenvalue weighted by Gasteiger charge is 2.58. The number of amides is 1. The lowest BCUT2D eigenvalue weighted by Crippen LogP contribution is -2.48. The maximum atomic E-state index is 13.2. The summed E-state index contributed by atoms with van der Waals surface area (Å²) in [5.41, 5.74) is 0.943. The Labute approximate surface area is 149 Å². The van der Waals surface area contributed by atoms with Crippen molar-refractivity contribution in [3.8, 4) is 18.1 Å². The molecule has 2 aliphatic rings. The minimum atomic E-state index is -2.69. The van der Waals surface area contributed by atoms with Crippen molar-refractivity contribution in [2.45, 2.75) is 31.5 Å². The van der Waals surface area contributed by atoms with Crippen LogP contribution in [0.2, 0.25) is 0 Å². The normalized spacial score (nSPS) is 23.3. The molecule has 0 radical (unpaired) electrons. The van der Waals surface area contributed by atoms with Crippen LogP contribution in [0.3, 0.4) is 0 Å². The van der Waals surface area contributed by atoms with Gasteiger partial charge in [0.2, 0.25) is 0 Å². The number of para-hydroxylation sites is 1. The largest absolute Gasteiger partial charge is 0.487 e. The van der Waals surface area contributed by atoms with Gasteiger partial charge in [-0.3, -0.25) is 9.48 Å². The van der Waals surface area contributed by atoms with E-state index in [1.165, 1.54) is 9.58 Å². The fraction of sp³-hybridized carbons (Fsp3) is 0.368. The number of hydrogen-bond donors (Lipinski definition) is 0. The standard InChI is InChI=1S/C19H17F2N3O2/c1-2-15-11-24-17(18(25)23(15)10-13-9-19(13,20)21)8-14(22-24)12-26-16-6-4-3-5-7-16/h1,3-8,13,15H,9-12H2/t13?,15-/m1/s1. The van der Waals surface area contributed by atoms with Gasteiger partial charge in [0.05, 0.1) is 6.54 Å². The summed E-state index contributed by atoms with van der Waals surface area (Å²) in [7, 11) is 0. The Morgan fingerprint density at radius 1 is 1.35 bits per heavy atom. The van der Waals surface area contributed by atoms with Crippen molar-refractivity contribution in [1.82, 2.24) is 14.7 Å². The summed E-state index contributed by atoms with van der Waals surface area (Å²) in [4.78, 5) is 14.1. The molecule has 1 saturated carbocycles. The van der Waals surface area contributed by atoms with E-state index in [1.54, 1.807) is 6.07 Å². The maximum Gasteiger partial charge on any atom is 0.273 e. The van der Waals surface area contributed by atoms with Gasteiger partial charge in [-0.05, 0) is 18.2 Å². The molecule has 1 aromatic heterocycles. The molecule has 1 amide bonds. The number of ether oxygens (including phenoxy) is 1. The highest BCUT2D eigenvalue weighted by molar-refractivity contribution is 5.94. The van der Waals surface area contributed by atoms with Crippen molar-refractivity contribution in [1.29, 1.82) is 0 Å². The van der Waals surface area contributed by atoms with Gasteiger partial charge in [0.1, 0.15) is 29.8 Å². The first-order chi connectivity index (χ1) is 12.5. The second-order valence-corrected chi connectivity index (χ2v) is 6.61. The number of benzene rings is 1. The Hall–Kier alpha value is -2.88. The Kier molecular flexibility index (Phi) is 3.91. The third-order valence-electron chi connectivity index (χ3n) is 4.73. The van der Waals surface area contributed by atoms with E-state index in [0.717, 1.165) is 0 Å². The molecule has 1 aromatic carbocycles. The number of terminal acetylenes is 1. The fourth-order valence-corrected chi connectivity index (χ4v) is 3.13. The van der Waals surface area contributed by atoms with Crippen LogP contribution in [0.1, 0.15) is 22.6 Å². The number of aromatic nitrogens is 2. The predicted octanol–water partition coefficient (Wildman–Crippen LogP) is 2.57. The Morgan fingerprint density at radius 3 is 2.73 bits per heavy atom. The average molecular weight is 357 g/mol. The van der Waals surface area contributed by atoms with E-state index < -0.39 is 17.9 Å². The topological polar surface area (TPSA) is 47.4 Å². The van der Waals surface area contributed by atoms with Crippen LogP contribution in [0.4, 0.5) is 8.78 Å². The number of alkyl halides is 2. The van der Waals surface area contributed by atoms with Crippen molar-refractivity contribution in [2.75, 3.05) is 6.54 Å². The van der Waals surface area contributed by atoms with Crippen molar-refractivity contribution in [3.05, 3.63) is 47.8 Å². The Bertz CT molecular complexity index is 873. The number of fused-ring (bicyclic) bond motifs is 1. The van der Waals surface area contributed by atoms with Gasteiger partial charge in [0.15, 0.2) is 0 Å². The molecule has 2 heterocycles. The van der Waals surface area contributed by atoms with E-state index in [1.807, 2.05) is 30.3 Å². The van der Waals surface area contributed by atoms with Crippen LogP contribution in [-0.2, 0) is 13.2 Å². The van der Waals surface area contributed by atoms with Crippen LogP contribution in [0.5, 0.6) is 5.75 Å². The third kappa shape index (κ3) is 3.03. The highest BCUT2D eigenvalue weighted by atomic mass is 19.3. The zero-order valence-electron chi connectivity index (χ0n) is 13.9. The van der Waals surface area contributed by atoms with Gasteiger partial charge in [-0.25, -0.2) is 8.78 Å². The van der Waals surface area contributed by atoms with E-state index in [-0.39, 0.29) is 25.5 Å². The van der Waals surface area contributed by atoms with Crippen LogP contribution in [0.15, 0.2) is 36.4 Å². The number of hydrogen-bond acceptors (Lipinski definition) is 3. The molecular formula is C19H17F2N3O2. The minimum absolute atomic E-state index is 0.0261.